The first kappa shape index (κ1) is 20.5. The Kier molecular flexibility index (Phi) is 5.15. The number of aliphatic hydroxyl groups is 1. The molecule has 0 radical (unpaired) electrons. The molecule has 3 aromatic rings. The van der Waals surface area contributed by atoms with Gasteiger partial charge in [0.1, 0.15) is 9.75 Å². The number of aliphatic carboxylic acids is 1. The van der Waals surface area contributed by atoms with Crippen molar-refractivity contribution in [1.29, 1.82) is 0 Å². The van der Waals surface area contributed by atoms with E-state index >= 15 is 0 Å². The van der Waals surface area contributed by atoms with E-state index in [1.165, 1.54) is 6.07 Å². The van der Waals surface area contributed by atoms with Crippen molar-refractivity contribution < 1.29 is 23.4 Å². The predicted octanol–water partition coefficient (Wildman–Crippen LogP) is 2.78. The first-order chi connectivity index (χ1) is 14.3. The molecule has 0 amide bonds. The van der Waals surface area contributed by atoms with Crippen LogP contribution < -0.4 is 10.5 Å². The largest absolute Gasteiger partial charge is 0.480 e. The molecule has 30 heavy (non-hydrogen) atoms. The summed E-state index contributed by atoms with van der Waals surface area (Å²) >= 11 is 1.06. The van der Waals surface area contributed by atoms with Crippen LogP contribution >= 0.6 is 11.3 Å². The summed E-state index contributed by atoms with van der Waals surface area (Å²) in [5, 5.41) is 19.4. The Morgan fingerprint density at radius 3 is 2.50 bits per heavy atom. The summed E-state index contributed by atoms with van der Waals surface area (Å²) in [6, 6.07) is 17.1. The van der Waals surface area contributed by atoms with E-state index in [1.807, 2.05) is 0 Å². The maximum Gasteiger partial charge on any atom is 0.325 e. The summed E-state index contributed by atoms with van der Waals surface area (Å²) in [4.78, 5) is 12.8. The molecule has 0 spiro atoms. The molecule has 1 aliphatic carbocycles. The van der Waals surface area contributed by atoms with Crippen molar-refractivity contribution in [3.8, 4) is 10.4 Å². The van der Waals surface area contributed by atoms with Gasteiger partial charge in [-0.1, -0.05) is 36.4 Å². The molecule has 9 heteroatoms. The van der Waals surface area contributed by atoms with Crippen LogP contribution in [0.25, 0.3) is 10.4 Å². The normalized spacial score (nSPS) is 20.8. The number of aliphatic hydroxyl groups excluding tert-OH is 1. The molecule has 1 saturated carbocycles. The van der Waals surface area contributed by atoms with Gasteiger partial charge in [-0.25, -0.2) is 8.42 Å². The van der Waals surface area contributed by atoms with Crippen LogP contribution in [-0.2, 0) is 21.4 Å². The molecule has 0 saturated heterocycles. The second-order valence-electron chi connectivity index (χ2n) is 7.24. The Balaban J connectivity index is 1.62. The summed E-state index contributed by atoms with van der Waals surface area (Å²) in [6.45, 7) is -0.245. The van der Waals surface area contributed by atoms with Crippen LogP contribution in [0.2, 0.25) is 0 Å². The topological polar surface area (TPSA) is 130 Å². The summed E-state index contributed by atoms with van der Waals surface area (Å²) in [5.41, 5.74) is 6.72. The fraction of sp³-hybridized carbons (Fsp3) is 0.190. The lowest BCUT2D eigenvalue weighted by molar-refractivity contribution is -0.140. The van der Waals surface area contributed by atoms with Crippen molar-refractivity contribution in [2.75, 3.05) is 5.73 Å². The molecular formula is C21H20N2O5S2. The van der Waals surface area contributed by atoms with E-state index < -0.39 is 27.4 Å². The summed E-state index contributed by atoms with van der Waals surface area (Å²) in [7, 11) is -4.06. The third-order valence-corrected chi connectivity index (χ3v) is 8.44. The molecule has 156 valence electrons. The number of hydrogen-bond acceptors (Lipinski definition) is 6. The number of nitrogen functional groups attached to an aromatic ring is 1. The minimum absolute atomic E-state index is 0.0380. The van der Waals surface area contributed by atoms with Crippen molar-refractivity contribution in [3.63, 3.8) is 0 Å². The highest BCUT2D eigenvalue weighted by molar-refractivity contribution is 7.91. The van der Waals surface area contributed by atoms with E-state index in [4.69, 9.17) is 5.73 Å². The van der Waals surface area contributed by atoms with E-state index in [1.54, 1.807) is 54.6 Å². The number of anilines is 1. The first-order valence-electron chi connectivity index (χ1n) is 9.18. The Hall–Kier alpha value is -2.72. The smallest absolute Gasteiger partial charge is 0.325 e. The standard InChI is InChI=1S/C21H20N2O5S2/c22-15-7-5-13(6-8-15)18-9-10-19(29-18)30(27,28)23-21(20(25)26)11-17(21)16-4-2-1-3-14(16)12-24/h1-10,17,23-24H,11-12,22H2,(H,25,26). The van der Waals surface area contributed by atoms with E-state index in [-0.39, 0.29) is 17.2 Å². The van der Waals surface area contributed by atoms with Crippen molar-refractivity contribution in [3.05, 3.63) is 71.8 Å². The average Bonchev–Trinajstić information content (AvgIpc) is 3.20. The van der Waals surface area contributed by atoms with Crippen LogP contribution in [0.15, 0.2) is 64.9 Å². The van der Waals surface area contributed by atoms with Gasteiger partial charge >= 0.3 is 5.97 Å². The monoisotopic (exact) mass is 444 g/mol. The van der Waals surface area contributed by atoms with E-state index in [0.717, 1.165) is 21.8 Å². The Morgan fingerprint density at radius 2 is 1.83 bits per heavy atom. The van der Waals surface area contributed by atoms with Gasteiger partial charge in [0, 0.05) is 16.5 Å². The fourth-order valence-electron chi connectivity index (χ4n) is 3.61. The summed E-state index contributed by atoms with van der Waals surface area (Å²) < 4.78 is 28.4. The number of nitrogens with one attached hydrogen (secondary N) is 1. The van der Waals surface area contributed by atoms with Crippen LogP contribution in [0.1, 0.15) is 23.5 Å². The van der Waals surface area contributed by atoms with Crippen LogP contribution in [0, 0.1) is 0 Å². The molecule has 1 fully saturated rings. The van der Waals surface area contributed by atoms with Crippen molar-refractivity contribution in [1.82, 2.24) is 4.72 Å². The molecule has 2 atom stereocenters. The van der Waals surface area contributed by atoms with Crippen LogP contribution in [0.4, 0.5) is 5.69 Å². The van der Waals surface area contributed by atoms with Gasteiger partial charge in [0.25, 0.3) is 10.0 Å². The van der Waals surface area contributed by atoms with Crippen molar-refractivity contribution >= 4 is 33.0 Å². The third kappa shape index (κ3) is 3.61. The second-order valence-corrected chi connectivity index (χ2v) is 10.2. The molecule has 1 aromatic heterocycles. The average molecular weight is 445 g/mol. The Morgan fingerprint density at radius 1 is 1.13 bits per heavy atom. The van der Waals surface area contributed by atoms with E-state index in [9.17, 15) is 23.4 Å². The second kappa shape index (κ2) is 7.51. The van der Waals surface area contributed by atoms with Crippen LogP contribution in [0.5, 0.6) is 0 Å². The third-order valence-electron chi connectivity index (χ3n) is 5.30. The number of hydrogen-bond donors (Lipinski definition) is 4. The number of nitrogens with two attached hydrogens (primary N) is 1. The van der Waals surface area contributed by atoms with E-state index in [2.05, 4.69) is 4.72 Å². The lowest BCUT2D eigenvalue weighted by Crippen LogP contribution is -2.44. The Bertz CT molecular complexity index is 1200. The van der Waals surface area contributed by atoms with Gasteiger partial charge in [0.05, 0.1) is 6.61 Å². The minimum atomic E-state index is -4.06. The highest BCUT2D eigenvalue weighted by Crippen LogP contribution is 2.53. The number of benzene rings is 2. The van der Waals surface area contributed by atoms with E-state index in [0.29, 0.717) is 16.8 Å². The molecule has 2 unspecified atom stereocenters. The molecule has 1 aliphatic rings. The summed E-state index contributed by atoms with van der Waals surface area (Å²) in [6.07, 6.45) is 0.120. The molecule has 0 bridgehead atoms. The van der Waals surface area contributed by atoms with Crippen molar-refractivity contribution in [2.24, 2.45) is 0 Å². The lowest BCUT2D eigenvalue weighted by Gasteiger charge is -2.16. The quantitative estimate of drug-likeness (QED) is 0.415. The van der Waals surface area contributed by atoms with Gasteiger partial charge in [-0.15, -0.1) is 11.3 Å². The molecule has 1 heterocycles. The van der Waals surface area contributed by atoms with Gasteiger partial charge in [-0.05, 0) is 47.4 Å². The number of carboxylic acid groups (broad SMARTS) is 1. The lowest BCUT2D eigenvalue weighted by atomic mass is 10.0. The van der Waals surface area contributed by atoms with Crippen LogP contribution in [0.3, 0.4) is 0 Å². The fourth-order valence-corrected chi connectivity index (χ4v) is 6.32. The molecule has 4 rings (SSSR count). The molecule has 7 nitrogen and oxygen atoms in total. The van der Waals surface area contributed by atoms with Gasteiger partial charge in [-0.2, -0.15) is 4.72 Å². The van der Waals surface area contributed by atoms with Crippen LogP contribution in [-0.4, -0.2) is 30.1 Å². The molecular weight excluding hydrogens is 424 g/mol. The predicted molar refractivity (Wildman–Crippen MR) is 115 cm³/mol. The number of thiophene rings is 1. The number of carbonyl (C=O) groups is 1. The van der Waals surface area contributed by atoms with Gasteiger partial charge in [0.15, 0.2) is 0 Å². The molecule has 2 aromatic carbocycles. The highest BCUT2D eigenvalue weighted by Gasteiger charge is 2.63. The molecule has 5 N–H and O–H groups in total. The van der Waals surface area contributed by atoms with Gasteiger partial charge in [0.2, 0.25) is 0 Å². The van der Waals surface area contributed by atoms with Gasteiger partial charge in [-0.3, -0.25) is 4.79 Å². The SMILES string of the molecule is Nc1ccc(-c2ccc(S(=O)(=O)NC3(C(=O)O)CC3c3ccccc3CO)s2)cc1. The number of rotatable bonds is 7. The zero-order valence-electron chi connectivity index (χ0n) is 15.8. The minimum Gasteiger partial charge on any atom is -0.480 e. The summed E-state index contributed by atoms with van der Waals surface area (Å²) in [5.74, 6) is -1.79. The number of carboxylic acids is 1. The number of sulfonamides is 1. The van der Waals surface area contributed by atoms with Gasteiger partial charge < -0.3 is 15.9 Å². The Labute approximate surface area is 177 Å². The van der Waals surface area contributed by atoms with Crippen molar-refractivity contribution in [2.45, 2.75) is 28.7 Å². The zero-order chi connectivity index (χ0) is 21.5. The molecule has 0 aliphatic heterocycles. The maximum absolute atomic E-state index is 13.0. The maximum atomic E-state index is 13.0. The highest BCUT2D eigenvalue weighted by atomic mass is 32.2. The first-order valence-corrected chi connectivity index (χ1v) is 11.5. The zero-order valence-corrected chi connectivity index (χ0v) is 17.4.